The molecule has 0 aromatic heterocycles. The van der Waals surface area contributed by atoms with E-state index in [1.165, 1.54) is 51.6 Å². The minimum atomic E-state index is 0.309. The SMILES string of the molecule is CCC(C)(C)C1CCC(CN)(N2CC(C)CC(C)C2)CC1. The summed E-state index contributed by atoms with van der Waals surface area (Å²) in [5, 5.41) is 0. The number of rotatable bonds is 4. The molecule has 2 aliphatic rings. The van der Waals surface area contributed by atoms with Crippen LogP contribution >= 0.6 is 0 Å². The van der Waals surface area contributed by atoms with Crippen molar-refractivity contribution in [3.05, 3.63) is 0 Å². The molecule has 1 heterocycles. The van der Waals surface area contributed by atoms with Gasteiger partial charge in [-0.25, -0.2) is 0 Å². The van der Waals surface area contributed by atoms with E-state index in [-0.39, 0.29) is 0 Å². The molecular formula is C19H38N2. The number of nitrogens with zero attached hydrogens (tertiary/aromatic N) is 1. The van der Waals surface area contributed by atoms with Crippen molar-refractivity contribution in [3.63, 3.8) is 0 Å². The molecule has 0 aromatic carbocycles. The molecule has 2 unspecified atom stereocenters. The lowest BCUT2D eigenvalue weighted by Gasteiger charge is -2.53. The average molecular weight is 295 g/mol. The lowest BCUT2D eigenvalue weighted by atomic mass is 9.64. The predicted octanol–water partition coefficient (Wildman–Crippen LogP) is 4.29. The Morgan fingerprint density at radius 2 is 1.62 bits per heavy atom. The van der Waals surface area contributed by atoms with Crippen molar-refractivity contribution >= 4 is 0 Å². The minimum absolute atomic E-state index is 0.309. The van der Waals surface area contributed by atoms with Crippen LogP contribution < -0.4 is 5.73 Å². The third-order valence-electron chi connectivity index (χ3n) is 6.85. The fourth-order valence-electron chi connectivity index (χ4n) is 4.92. The standard InChI is InChI=1S/C19H38N2/c1-6-18(4,5)17-7-9-19(14-20,10-8-17)21-12-15(2)11-16(3)13-21/h15-17H,6-14,20H2,1-5H3. The summed E-state index contributed by atoms with van der Waals surface area (Å²) in [7, 11) is 0. The van der Waals surface area contributed by atoms with E-state index in [2.05, 4.69) is 39.5 Å². The van der Waals surface area contributed by atoms with Crippen LogP contribution in [0.3, 0.4) is 0 Å². The highest BCUT2D eigenvalue weighted by Crippen LogP contribution is 2.46. The van der Waals surface area contributed by atoms with Crippen LogP contribution in [-0.2, 0) is 0 Å². The molecule has 0 bridgehead atoms. The third kappa shape index (κ3) is 3.64. The quantitative estimate of drug-likeness (QED) is 0.838. The maximum Gasteiger partial charge on any atom is 0.0332 e. The van der Waals surface area contributed by atoms with Crippen LogP contribution in [0, 0.1) is 23.2 Å². The van der Waals surface area contributed by atoms with Crippen LogP contribution in [0.15, 0.2) is 0 Å². The summed E-state index contributed by atoms with van der Waals surface area (Å²) < 4.78 is 0. The first-order chi connectivity index (χ1) is 9.83. The van der Waals surface area contributed by atoms with E-state index in [1.54, 1.807) is 0 Å². The summed E-state index contributed by atoms with van der Waals surface area (Å²) in [4.78, 5) is 2.78. The Balaban J connectivity index is 2.04. The van der Waals surface area contributed by atoms with Crippen molar-refractivity contribution < 1.29 is 0 Å². The van der Waals surface area contributed by atoms with E-state index in [1.807, 2.05) is 0 Å². The highest BCUT2D eigenvalue weighted by molar-refractivity contribution is 4.99. The first kappa shape index (κ1) is 17.3. The second kappa shape index (κ2) is 6.58. The molecule has 1 aliphatic heterocycles. The Labute approximate surface area is 132 Å². The molecule has 2 atom stereocenters. The van der Waals surface area contributed by atoms with Crippen LogP contribution in [-0.4, -0.2) is 30.1 Å². The van der Waals surface area contributed by atoms with Crippen LogP contribution in [0.5, 0.6) is 0 Å². The zero-order valence-corrected chi connectivity index (χ0v) is 15.1. The van der Waals surface area contributed by atoms with Gasteiger partial charge in [-0.2, -0.15) is 0 Å². The molecule has 1 aliphatic carbocycles. The van der Waals surface area contributed by atoms with Crippen LogP contribution in [0.1, 0.15) is 73.1 Å². The topological polar surface area (TPSA) is 29.3 Å². The Kier molecular flexibility index (Phi) is 5.41. The first-order valence-corrected chi connectivity index (χ1v) is 9.28. The third-order valence-corrected chi connectivity index (χ3v) is 6.85. The molecule has 1 saturated carbocycles. The minimum Gasteiger partial charge on any atom is -0.329 e. The Morgan fingerprint density at radius 3 is 2.05 bits per heavy atom. The summed E-state index contributed by atoms with van der Waals surface area (Å²) in [6, 6.07) is 0. The van der Waals surface area contributed by atoms with Gasteiger partial charge in [0, 0.05) is 25.2 Å². The molecule has 2 heteroatoms. The van der Waals surface area contributed by atoms with Crippen molar-refractivity contribution in [2.45, 2.75) is 78.7 Å². The van der Waals surface area contributed by atoms with E-state index >= 15 is 0 Å². The summed E-state index contributed by atoms with van der Waals surface area (Å²) in [6.45, 7) is 15.5. The number of hydrogen-bond acceptors (Lipinski definition) is 2. The van der Waals surface area contributed by atoms with Crippen LogP contribution in [0.4, 0.5) is 0 Å². The second-order valence-corrected chi connectivity index (χ2v) is 8.90. The normalized spacial score (nSPS) is 39.4. The van der Waals surface area contributed by atoms with Crippen molar-refractivity contribution in [3.8, 4) is 0 Å². The van der Waals surface area contributed by atoms with Crippen LogP contribution in [0.2, 0.25) is 0 Å². The highest BCUT2D eigenvalue weighted by atomic mass is 15.2. The molecule has 124 valence electrons. The zero-order valence-electron chi connectivity index (χ0n) is 15.1. The smallest absolute Gasteiger partial charge is 0.0332 e. The van der Waals surface area contributed by atoms with Crippen molar-refractivity contribution in [2.75, 3.05) is 19.6 Å². The monoisotopic (exact) mass is 294 g/mol. The molecule has 21 heavy (non-hydrogen) atoms. The van der Waals surface area contributed by atoms with Gasteiger partial charge in [0.15, 0.2) is 0 Å². The lowest BCUT2D eigenvalue weighted by Crippen LogP contribution is -2.60. The molecule has 0 aromatic rings. The largest absolute Gasteiger partial charge is 0.329 e. The van der Waals surface area contributed by atoms with Crippen LogP contribution in [0.25, 0.3) is 0 Å². The molecule has 2 N–H and O–H groups in total. The first-order valence-electron chi connectivity index (χ1n) is 9.28. The van der Waals surface area contributed by atoms with Crippen molar-refractivity contribution in [2.24, 2.45) is 28.9 Å². The number of likely N-dealkylation sites (tertiary alicyclic amines) is 1. The Hall–Kier alpha value is -0.0800. The molecule has 2 rings (SSSR count). The van der Waals surface area contributed by atoms with E-state index in [0.29, 0.717) is 11.0 Å². The van der Waals surface area contributed by atoms with Gasteiger partial charge in [-0.15, -0.1) is 0 Å². The fourth-order valence-corrected chi connectivity index (χ4v) is 4.92. The van der Waals surface area contributed by atoms with Gasteiger partial charge in [0.1, 0.15) is 0 Å². The molecule has 1 saturated heterocycles. The van der Waals surface area contributed by atoms with Gasteiger partial charge in [-0.1, -0.05) is 41.0 Å². The molecular weight excluding hydrogens is 256 g/mol. The fraction of sp³-hybridized carbons (Fsp3) is 1.00. The summed E-state index contributed by atoms with van der Waals surface area (Å²) in [6.07, 6.45) is 8.07. The van der Waals surface area contributed by atoms with Gasteiger partial charge >= 0.3 is 0 Å². The van der Waals surface area contributed by atoms with Gasteiger partial charge < -0.3 is 5.73 Å². The second-order valence-electron chi connectivity index (χ2n) is 8.90. The van der Waals surface area contributed by atoms with E-state index in [0.717, 1.165) is 24.3 Å². The Bertz CT molecular complexity index is 318. The van der Waals surface area contributed by atoms with E-state index in [4.69, 9.17) is 5.73 Å². The molecule has 0 spiro atoms. The van der Waals surface area contributed by atoms with E-state index in [9.17, 15) is 0 Å². The van der Waals surface area contributed by atoms with Gasteiger partial charge in [0.2, 0.25) is 0 Å². The number of nitrogens with two attached hydrogens (primary N) is 1. The highest BCUT2D eigenvalue weighted by Gasteiger charge is 2.43. The number of piperidine rings is 1. The summed E-state index contributed by atoms with van der Waals surface area (Å²) >= 11 is 0. The van der Waals surface area contributed by atoms with Gasteiger partial charge in [0.05, 0.1) is 0 Å². The molecule has 0 amide bonds. The number of hydrogen-bond donors (Lipinski definition) is 1. The molecule has 2 nitrogen and oxygen atoms in total. The Morgan fingerprint density at radius 1 is 1.10 bits per heavy atom. The lowest BCUT2D eigenvalue weighted by molar-refractivity contribution is -0.0188. The summed E-state index contributed by atoms with van der Waals surface area (Å²) in [5.41, 5.74) is 7.12. The average Bonchev–Trinajstić information content (AvgIpc) is 2.46. The molecule has 2 fully saturated rings. The van der Waals surface area contributed by atoms with Gasteiger partial charge in [-0.3, -0.25) is 4.90 Å². The summed E-state index contributed by atoms with van der Waals surface area (Å²) in [5.74, 6) is 2.56. The zero-order chi connectivity index (χ0) is 15.7. The van der Waals surface area contributed by atoms with Gasteiger partial charge in [0.25, 0.3) is 0 Å². The van der Waals surface area contributed by atoms with Crippen molar-refractivity contribution in [1.29, 1.82) is 0 Å². The van der Waals surface area contributed by atoms with Crippen molar-refractivity contribution in [1.82, 2.24) is 4.90 Å². The molecule has 0 radical (unpaired) electrons. The van der Waals surface area contributed by atoms with Gasteiger partial charge in [-0.05, 0) is 55.3 Å². The maximum atomic E-state index is 6.31. The van der Waals surface area contributed by atoms with E-state index < -0.39 is 0 Å². The predicted molar refractivity (Wildman–Crippen MR) is 92.3 cm³/mol. The maximum absolute atomic E-state index is 6.31.